The van der Waals surface area contributed by atoms with E-state index in [-0.39, 0.29) is 18.1 Å². The van der Waals surface area contributed by atoms with Gasteiger partial charge in [0.05, 0.1) is 10.2 Å². The third kappa shape index (κ3) is 1.19. The molecular formula is C8H6BrNO4. The molecule has 0 aromatic heterocycles. The van der Waals surface area contributed by atoms with Crippen molar-refractivity contribution in [2.24, 2.45) is 0 Å². The Kier molecular flexibility index (Phi) is 1.99. The summed E-state index contributed by atoms with van der Waals surface area (Å²) in [5.74, 6) is -0.521. The highest BCUT2D eigenvalue weighted by Gasteiger charge is 2.26. The predicted octanol–water partition coefficient (Wildman–Crippen LogP) is 1.46. The first kappa shape index (κ1) is 9.14. The topological polar surface area (TPSA) is 81.8 Å². The molecule has 0 bridgehead atoms. The first-order valence-corrected chi connectivity index (χ1v) is 4.51. The molecule has 0 atom stereocenters. The number of carbonyl (C=O) groups is 1. The van der Waals surface area contributed by atoms with Crippen LogP contribution in [-0.4, -0.2) is 17.9 Å². The minimum Gasteiger partial charge on any atom is -0.478 e. The van der Waals surface area contributed by atoms with Crippen LogP contribution in [0.2, 0.25) is 0 Å². The molecule has 74 valence electrons. The van der Waals surface area contributed by atoms with Gasteiger partial charge in [-0.2, -0.15) is 0 Å². The maximum atomic E-state index is 10.9. The number of anilines is 1. The number of halogens is 1. The van der Waals surface area contributed by atoms with E-state index in [4.69, 9.17) is 20.3 Å². The second-order valence-electron chi connectivity index (χ2n) is 2.69. The van der Waals surface area contributed by atoms with Crippen LogP contribution in [0.5, 0.6) is 11.5 Å². The summed E-state index contributed by atoms with van der Waals surface area (Å²) in [4.78, 5) is 10.9. The molecule has 14 heavy (non-hydrogen) atoms. The van der Waals surface area contributed by atoms with E-state index in [0.29, 0.717) is 15.9 Å². The minimum absolute atomic E-state index is 0.00231. The van der Waals surface area contributed by atoms with Gasteiger partial charge in [0.15, 0.2) is 11.5 Å². The third-order valence-electron chi connectivity index (χ3n) is 1.84. The molecule has 1 aliphatic rings. The Bertz CT molecular complexity index is 418. The molecule has 0 amide bonds. The first-order valence-electron chi connectivity index (χ1n) is 3.72. The molecule has 1 aromatic carbocycles. The standard InChI is InChI=1S/C8H6BrNO4/c9-6-3(10)1-4-7(14-2-13-4)5(6)8(11)12/h1H,2,10H2,(H,11,12). The molecule has 2 rings (SSSR count). The van der Waals surface area contributed by atoms with Gasteiger partial charge in [-0.1, -0.05) is 0 Å². The molecule has 1 heterocycles. The molecule has 0 spiro atoms. The molecule has 0 fully saturated rings. The lowest BCUT2D eigenvalue weighted by atomic mass is 10.1. The van der Waals surface area contributed by atoms with Crippen molar-refractivity contribution in [3.63, 3.8) is 0 Å². The normalized spacial score (nSPS) is 12.9. The highest BCUT2D eigenvalue weighted by atomic mass is 79.9. The third-order valence-corrected chi connectivity index (χ3v) is 2.70. The van der Waals surface area contributed by atoms with Crippen LogP contribution in [0.4, 0.5) is 5.69 Å². The van der Waals surface area contributed by atoms with Crippen LogP contribution in [0.15, 0.2) is 10.5 Å². The van der Waals surface area contributed by atoms with Gasteiger partial charge < -0.3 is 20.3 Å². The van der Waals surface area contributed by atoms with Gasteiger partial charge in [-0.25, -0.2) is 4.79 Å². The number of fused-ring (bicyclic) bond motifs is 1. The lowest BCUT2D eigenvalue weighted by molar-refractivity contribution is 0.0691. The van der Waals surface area contributed by atoms with E-state index in [9.17, 15) is 4.79 Å². The second-order valence-corrected chi connectivity index (χ2v) is 3.49. The zero-order valence-corrected chi connectivity index (χ0v) is 8.50. The lowest BCUT2D eigenvalue weighted by Crippen LogP contribution is -2.02. The van der Waals surface area contributed by atoms with Crippen molar-refractivity contribution < 1.29 is 19.4 Å². The van der Waals surface area contributed by atoms with Crippen LogP contribution in [0.25, 0.3) is 0 Å². The molecule has 0 saturated carbocycles. The van der Waals surface area contributed by atoms with Crippen LogP contribution in [0.3, 0.4) is 0 Å². The number of carboxylic acid groups (broad SMARTS) is 1. The van der Waals surface area contributed by atoms with Gasteiger partial charge in [0.25, 0.3) is 0 Å². The number of nitrogens with two attached hydrogens (primary N) is 1. The zero-order chi connectivity index (χ0) is 10.3. The van der Waals surface area contributed by atoms with Crippen LogP contribution >= 0.6 is 15.9 Å². The van der Waals surface area contributed by atoms with E-state index in [2.05, 4.69) is 15.9 Å². The van der Waals surface area contributed by atoms with Gasteiger partial charge in [-0.15, -0.1) is 0 Å². The quantitative estimate of drug-likeness (QED) is 0.747. The van der Waals surface area contributed by atoms with Crippen molar-refractivity contribution in [3.05, 3.63) is 16.1 Å². The molecule has 0 saturated heterocycles. The smallest absolute Gasteiger partial charge is 0.340 e. The van der Waals surface area contributed by atoms with Crippen LogP contribution in [0.1, 0.15) is 10.4 Å². The van der Waals surface area contributed by atoms with Crippen LogP contribution in [0, 0.1) is 0 Å². The van der Waals surface area contributed by atoms with Gasteiger partial charge in [0, 0.05) is 6.07 Å². The Hall–Kier alpha value is -1.43. The predicted molar refractivity (Wildman–Crippen MR) is 51.6 cm³/mol. The lowest BCUT2D eigenvalue weighted by Gasteiger charge is -2.06. The largest absolute Gasteiger partial charge is 0.478 e. The fourth-order valence-corrected chi connectivity index (χ4v) is 1.69. The van der Waals surface area contributed by atoms with Crippen molar-refractivity contribution in [2.45, 2.75) is 0 Å². The monoisotopic (exact) mass is 259 g/mol. The number of hydrogen-bond acceptors (Lipinski definition) is 4. The number of aromatic carboxylic acids is 1. The summed E-state index contributed by atoms with van der Waals surface area (Å²) < 4.78 is 10.4. The summed E-state index contributed by atoms with van der Waals surface area (Å²) in [7, 11) is 0. The Labute approximate surface area is 87.5 Å². The molecule has 6 heteroatoms. The Balaban J connectivity index is 2.72. The first-order chi connectivity index (χ1) is 6.61. The maximum absolute atomic E-state index is 10.9. The van der Waals surface area contributed by atoms with Crippen molar-refractivity contribution in [1.29, 1.82) is 0 Å². The summed E-state index contributed by atoms with van der Waals surface area (Å²) in [6.45, 7) is 0.0194. The summed E-state index contributed by atoms with van der Waals surface area (Å²) in [6, 6.07) is 1.53. The SMILES string of the molecule is Nc1cc2c(c(C(=O)O)c1Br)OCO2. The Morgan fingerprint density at radius 1 is 1.57 bits per heavy atom. The number of carboxylic acids is 1. The molecule has 5 nitrogen and oxygen atoms in total. The average molecular weight is 260 g/mol. The van der Waals surface area contributed by atoms with Gasteiger partial charge >= 0.3 is 5.97 Å². The molecule has 0 radical (unpaired) electrons. The van der Waals surface area contributed by atoms with Crippen LogP contribution < -0.4 is 15.2 Å². The van der Waals surface area contributed by atoms with Crippen molar-refractivity contribution in [1.82, 2.24) is 0 Å². The molecular weight excluding hydrogens is 254 g/mol. The number of ether oxygens (including phenoxy) is 2. The van der Waals surface area contributed by atoms with E-state index >= 15 is 0 Å². The number of hydrogen-bond donors (Lipinski definition) is 2. The van der Waals surface area contributed by atoms with Crippen LogP contribution in [-0.2, 0) is 0 Å². The Morgan fingerprint density at radius 2 is 2.29 bits per heavy atom. The van der Waals surface area contributed by atoms with E-state index in [1.807, 2.05) is 0 Å². The summed E-state index contributed by atoms with van der Waals surface area (Å²) >= 11 is 3.09. The molecule has 1 aliphatic heterocycles. The van der Waals surface area contributed by atoms with Gasteiger partial charge in [0.2, 0.25) is 6.79 Å². The maximum Gasteiger partial charge on any atom is 0.340 e. The van der Waals surface area contributed by atoms with E-state index < -0.39 is 5.97 Å². The minimum atomic E-state index is -1.11. The fourth-order valence-electron chi connectivity index (χ4n) is 1.23. The summed E-state index contributed by atoms with van der Waals surface area (Å²) in [5, 5.41) is 8.93. The molecule has 1 aromatic rings. The second kappa shape index (κ2) is 3.06. The van der Waals surface area contributed by atoms with E-state index in [1.165, 1.54) is 6.07 Å². The number of benzene rings is 1. The van der Waals surface area contributed by atoms with Crippen molar-refractivity contribution in [3.8, 4) is 11.5 Å². The summed E-state index contributed by atoms with van der Waals surface area (Å²) in [5.41, 5.74) is 5.90. The molecule has 0 unspecified atom stereocenters. The van der Waals surface area contributed by atoms with Gasteiger partial charge in [-0.05, 0) is 15.9 Å². The summed E-state index contributed by atoms with van der Waals surface area (Å²) in [6.07, 6.45) is 0. The highest BCUT2D eigenvalue weighted by Crippen LogP contribution is 2.42. The van der Waals surface area contributed by atoms with E-state index in [0.717, 1.165) is 0 Å². The van der Waals surface area contributed by atoms with Crippen molar-refractivity contribution in [2.75, 3.05) is 12.5 Å². The molecule has 0 aliphatic carbocycles. The van der Waals surface area contributed by atoms with Gasteiger partial charge in [-0.3, -0.25) is 0 Å². The fraction of sp³-hybridized carbons (Fsp3) is 0.125. The van der Waals surface area contributed by atoms with Crippen molar-refractivity contribution >= 4 is 27.6 Å². The molecule has 3 N–H and O–H groups in total. The number of rotatable bonds is 1. The number of nitrogen functional groups attached to an aromatic ring is 1. The Morgan fingerprint density at radius 3 is 2.93 bits per heavy atom. The van der Waals surface area contributed by atoms with Gasteiger partial charge in [0.1, 0.15) is 5.56 Å². The zero-order valence-electron chi connectivity index (χ0n) is 6.91. The average Bonchev–Trinajstić information content (AvgIpc) is 2.52. The van der Waals surface area contributed by atoms with E-state index in [1.54, 1.807) is 0 Å². The highest BCUT2D eigenvalue weighted by molar-refractivity contribution is 9.10.